The van der Waals surface area contributed by atoms with Gasteiger partial charge in [0.2, 0.25) is 5.78 Å². The average molecular weight is 684 g/mol. The number of fused-ring (bicyclic) bond motifs is 2. The lowest BCUT2D eigenvalue weighted by Crippen LogP contribution is -2.49. The summed E-state index contributed by atoms with van der Waals surface area (Å²) in [4.78, 5) is 29.3. The van der Waals surface area contributed by atoms with Crippen LogP contribution in [0.4, 0.5) is 18.0 Å². The Bertz CT molecular complexity index is 2060. The van der Waals surface area contributed by atoms with Gasteiger partial charge in [-0.25, -0.2) is 17.2 Å². The van der Waals surface area contributed by atoms with Gasteiger partial charge in [-0.2, -0.15) is 13.2 Å². The summed E-state index contributed by atoms with van der Waals surface area (Å²) in [7, 11) is -4.33. The van der Waals surface area contributed by atoms with E-state index >= 15 is 0 Å². The zero-order valence-electron chi connectivity index (χ0n) is 26.2. The number of alkyl halides is 3. The maximum atomic E-state index is 13.6. The summed E-state index contributed by atoms with van der Waals surface area (Å²) in [6.07, 6.45) is -2.33. The number of allylic oxidation sites excluding steroid dienone is 1. The van der Waals surface area contributed by atoms with E-state index in [9.17, 15) is 36.3 Å². The summed E-state index contributed by atoms with van der Waals surface area (Å²) < 4.78 is 78.9. The largest absolute Gasteiger partial charge is 0.507 e. The van der Waals surface area contributed by atoms with Gasteiger partial charge in [0.25, 0.3) is 10.0 Å². The average Bonchev–Trinajstić information content (AvgIpc) is 3.55. The first-order chi connectivity index (χ1) is 22.5. The molecule has 1 aromatic heterocycles. The monoisotopic (exact) mass is 683 g/mol. The number of hydrogen-bond acceptors (Lipinski definition) is 8. The molecule has 10 nitrogen and oxygen atoms in total. The number of ether oxygens (including phenoxy) is 2. The number of carbonyl (C=O) groups excluding carboxylic acids is 2. The number of hydrogen-bond donors (Lipinski definition) is 1. The standard InChI is InChI=1S/C34H32F3N3O7S/c1-33(2,3)47-32(43)39-16-14-38(15-17-39)20-26-28(41)13-12-25-30(42)29(46-31(25)26)18-21-19-40(27-7-5-4-6-24(21)27)48(44,45)23-10-8-22(9-11-23)34(35,36)37/h4-13,18-19,41H,14-17,20H2,1-3H3/b29-18-. The van der Waals surface area contributed by atoms with E-state index in [1.54, 1.807) is 49.9 Å². The molecule has 14 heteroatoms. The zero-order valence-corrected chi connectivity index (χ0v) is 27.1. The van der Waals surface area contributed by atoms with E-state index in [0.717, 1.165) is 16.1 Å². The van der Waals surface area contributed by atoms with Crippen molar-refractivity contribution < 1.29 is 45.8 Å². The van der Waals surface area contributed by atoms with E-state index in [4.69, 9.17) is 9.47 Å². The lowest BCUT2D eigenvalue weighted by atomic mass is 10.0. The van der Waals surface area contributed by atoms with Crippen LogP contribution >= 0.6 is 0 Å². The fraction of sp³-hybridized carbons (Fsp3) is 0.294. The van der Waals surface area contributed by atoms with Crippen LogP contribution in [0.25, 0.3) is 17.0 Å². The summed E-state index contributed by atoms with van der Waals surface area (Å²) in [5.41, 5.74) is -0.411. The molecule has 48 heavy (non-hydrogen) atoms. The fourth-order valence-corrected chi connectivity index (χ4v) is 7.03. The minimum Gasteiger partial charge on any atom is -0.507 e. The highest BCUT2D eigenvalue weighted by Crippen LogP contribution is 2.41. The Morgan fingerprint density at radius 3 is 2.29 bits per heavy atom. The number of ketones is 1. The second-order valence-electron chi connectivity index (χ2n) is 12.5. The molecule has 1 saturated heterocycles. The molecule has 0 spiro atoms. The van der Waals surface area contributed by atoms with Crippen LogP contribution in [0, 0.1) is 0 Å². The number of halogens is 3. The molecule has 0 unspecified atom stereocenters. The topological polar surface area (TPSA) is 118 Å². The van der Waals surface area contributed by atoms with Crippen molar-refractivity contribution in [1.82, 2.24) is 13.8 Å². The molecule has 2 aliphatic heterocycles. The number of nitrogens with zero attached hydrogens (tertiary/aromatic N) is 3. The van der Waals surface area contributed by atoms with E-state index in [1.165, 1.54) is 24.4 Å². The third-order valence-electron chi connectivity index (χ3n) is 8.06. The number of piperazine rings is 1. The van der Waals surface area contributed by atoms with Gasteiger partial charge in [0, 0.05) is 49.9 Å². The second-order valence-corrected chi connectivity index (χ2v) is 14.4. The SMILES string of the molecule is CC(C)(C)OC(=O)N1CCN(Cc2c(O)ccc3c2O/C(=C\c2cn(S(=O)(=O)c4ccc(C(F)(F)F)cc4)c4ccccc24)C3=O)CC1. The molecule has 0 aliphatic carbocycles. The van der Waals surface area contributed by atoms with E-state index in [0.29, 0.717) is 54.8 Å². The highest BCUT2D eigenvalue weighted by atomic mass is 32.2. The van der Waals surface area contributed by atoms with Crippen molar-refractivity contribution in [2.75, 3.05) is 26.2 Å². The second kappa shape index (κ2) is 12.0. The molecule has 6 rings (SSSR count). The molecule has 4 aromatic rings. The molecule has 252 valence electrons. The van der Waals surface area contributed by atoms with Gasteiger partial charge in [-0.15, -0.1) is 0 Å². The predicted molar refractivity (Wildman–Crippen MR) is 170 cm³/mol. The summed E-state index contributed by atoms with van der Waals surface area (Å²) in [5.74, 6) is -0.455. The number of para-hydroxylation sites is 1. The molecular weight excluding hydrogens is 651 g/mol. The maximum Gasteiger partial charge on any atom is 0.416 e. The van der Waals surface area contributed by atoms with Crippen LogP contribution in [0.5, 0.6) is 11.5 Å². The molecule has 1 fully saturated rings. The van der Waals surface area contributed by atoms with Gasteiger partial charge >= 0.3 is 12.3 Å². The molecule has 1 amide bonds. The Kier molecular flexibility index (Phi) is 8.28. The van der Waals surface area contributed by atoms with E-state index in [2.05, 4.69) is 0 Å². The number of benzene rings is 3. The predicted octanol–water partition coefficient (Wildman–Crippen LogP) is 6.27. The van der Waals surface area contributed by atoms with Gasteiger partial charge in [0.05, 0.1) is 27.1 Å². The minimum atomic E-state index is -4.62. The van der Waals surface area contributed by atoms with Crippen molar-refractivity contribution in [3.8, 4) is 11.5 Å². The van der Waals surface area contributed by atoms with Crippen molar-refractivity contribution in [2.24, 2.45) is 0 Å². The van der Waals surface area contributed by atoms with Crippen LogP contribution < -0.4 is 4.74 Å². The third kappa shape index (κ3) is 6.37. The Hall–Kier alpha value is -4.82. The highest BCUT2D eigenvalue weighted by molar-refractivity contribution is 7.90. The Balaban J connectivity index is 1.27. The summed E-state index contributed by atoms with van der Waals surface area (Å²) in [6.45, 7) is 7.44. The zero-order chi connectivity index (χ0) is 34.6. The van der Waals surface area contributed by atoms with Crippen molar-refractivity contribution >= 4 is 38.9 Å². The fourth-order valence-electron chi connectivity index (χ4n) is 5.65. The molecule has 1 N–H and O–H groups in total. The van der Waals surface area contributed by atoms with Gasteiger partial charge in [-0.3, -0.25) is 9.69 Å². The number of rotatable bonds is 5. The molecule has 2 aliphatic rings. The lowest BCUT2D eigenvalue weighted by molar-refractivity contribution is -0.137. The first-order valence-electron chi connectivity index (χ1n) is 15.1. The van der Waals surface area contributed by atoms with Gasteiger partial charge in [-0.1, -0.05) is 18.2 Å². The number of aromatic nitrogens is 1. The number of amides is 1. The van der Waals surface area contributed by atoms with Crippen LogP contribution in [-0.2, 0) is 27.5 Å². The molecule has 0 radical (unpaired) electrons. The van der Waals surface area contributed by atoms with Crippen molar-refractivity contribution in [2.45, 2.75) is 44.0 Å². The van der Waals surface area contributed by atoms with Gasteiger partial charge in [0.15, 0.2) is 5.76 Å². The van der Waals surface area contributed by atoms with Crippen LogP contribution in [0.15, 0.2) is 77.5 Å². The Morgan fingerprint density at radius 1 is 0.979 bits per heavy atom. The number of phenolic OH excluding ortho intramolecular Hbond substituents is 1. The van der Waals surface area contributed by atoms with E-state index in [1.807, 2.05) is 4.90 Å². The molecule has 0 bridgehead atoms. The molecule has 0 saturated carbocycles. The van der Waals surface area contributed by atoms with Gasteiger partial charge < -0.3 is 19.5 Å². The molecule has 0 atom stereocenters. The van der Waals surface area contributed by atoms with Crippen LogP contribution in [-0.4, -0.2) is 71.0 Å². The first-order valence-corrected chi connectivity index (χ1v) is 16.5. The summed E-state index contributed by atoms with van der Waals surface area (Å²) in [6, 6.07) is 12.6. The molecule has 3 aromatic carbocycles. The number of carbonyl (C=O) groups is 2. The highest BCUT2D eigenvalue weighted by Gasteiger charge is 2.34. The van der Waals surface area contributed by atoms with Crippen LogP contribution in [0.1, 0.15) is 47.8 Å². The smallest absolute Gasteiger partial charge is 0.416 e. The van der Waals surface area contributed by atoms with Gasteiger partial charge in [-0.05, 0) is 69.3 Å². The van der Waals surface area contributed by atoms with E-state index < -0.39 is 39.2 Å². The number of aromatic hydroxyl groups is 1. The molecular formula is C34H32F3N3O7S. The quantitative estimate of drug-likeness (QED) is 0.245. The van der Waals surface area contributed by atoms with Gasteiger partial charge in [0.1, 0.15) is 17.1 Å². The third-order valence-corrected chi connectivity index (χ3v) is 9.74. The van der Waals surface area contributed by atoms with Crippen molar-refractivity contribution in [1.29, 1.82) is 0 Å². The summed E-state index contributed by atoms with van der Waals surface area (Å²) in [5, 5.41) is 11.2. The normalized spacial score (nSPS) is 16.8. The first kappa shape index (κ1) is 33.1. The van der Waals surface area contributed by atoms with Crippen molar-refractivity contribution in [3.63, 3.8) is 0 Å². The van der Waals surface area contributed by atoms with Crippen LogP contribution in [0.2, 0.25) is 0 Å². The number of Topliss-reactive ketones (excluding diaryl/α,β-unsaturated/α-hetero) is 1. The summed E-state index contributed by atoms with van der Waals surface area (Å²) >= 11 is 0. The Labute approximate surface area is 274 Å². The van der Waals surface area contributed by atoms with Crippen LogP contribution in [0.3, 0.4) is 0 Å². The Morgan fingerprint density at radius 2 is 1.65 bits per heavy atom. The minimum absolute atomic E-state index is 0.0726. The number of phenols is 1. The maximum absolute atomic E-state index is 13.6. The molecule has 3 heterocycles. The van der Waals surface area contributed by atoms with E-state index in [-0.39, 0.29) is 39.8 Å². The lowest BCUT2D eigenvalue weighted by Gasteiger charge is -2.35. The van der Waals surface area contributed by atoms with Crippen molar-refractivity contribution in [3.05, 3.63) is 94.9 Å².